The van der Waals surface area contributed by atoms with Gasteiger partial charge in [-0.1, -0.05) is 23.7 Å². The van der Waals surface area contributed by atoms with E-state index in [0.717, 1.165) is 0 Å². The first-order valence-electron chi connectivity index (χ1n) is 5.47. The van der Waals surface area contributed by atoms with Crippen LogP contribution in [0.25, 0.3) is 11.3 Å². The Hall–Kier alpha value is -2.38. The van der Waals surface area contributed by atoms with Crippen LogP contribution in [-0.2, 0) is 0 Å². The van der Waals surface area contributed by atoms with Crippen molar-refractivity contribution in [1.29, 1.82) is 5.26 Å². The third-order valence-electron chi connectivity index (χ3n) is 2.67. The van der Waals surface area contributed by atoms with E-state index in [4.69, 9.17) is 16.9 Å². The second kappa shape index (κ2) is 5.09. The van der Waals surface area contributed by atoms with Crippen molar-refractivity contribution in [3.05, 3.63) is 56.8 Å². The minimum absolute atomic E-state index is 0.0806. The Bertz CT molecular complexity index is 740. The van der Waals surface area contributed by atoms with E-state index in [1.54, 1.807) is 30.3 Å². The van der Waals surface area contributed by atoms with Gasteiger partial charge in [-0.3, -0.25) is 9.59 Å². The van der Waals surface area contributed by atoms with Crippen LogP contribution in [0.3, 0.4) is 0 Å². The molecule has 1 N–H and O–H groups in total. The lowest BCUT2D eigenvalue weighted by Crippen LogP contribution is -2.14. The van der Waals surface area contributed by atoms with E-state index in [-0.39, 0.29) is 11.3 Å². The van der Waals surface area contributed by atoms with Gasteiger partial charge < -0.3 is 4.98 Å². The van der Waals surface area contributed by atoms with E-state index >= 15 is 0 Å². The fourth-order valence-electron chi connectivity index (χ4n) is 1.74. The number of hydrogen-bond acceptors (Lipinski definition) is 3. The van der Waals surface area contributed by atoms with E-state index in [9.17, 15) is 9.59 Å². The molecule has 0 bridgehead atoms. The van der Waals surface area contributed by atoms with Gasteiger partial charge >= 0.3 is 0 Å². The van der Waals surface area contributed by atoms with E-state index in [2.05, 4.69) is 4.98 Å². The Balaban J connectivity index is 2.72. The predicted molar refractivity (Wildman–Crippen MR) is 72.2 cm³/mol. The Morgan fingerprint density at radius 3 is 2.47 bits per heavy atom. The summed E-state index contributed by atoms with van der Waals surface area (Å²) in [5, 5.41) is 9.38. The highest BCUT2D eigenvalue weighted by atomic mass is 35.5. The largest absolute Gasteiger partial charge is 0.320 e. The van der Waals surface area contributed by atoms with Crippen molar-refractivity contribution in [2.45, 2.75) is 6.92 Å². The van der Waals surface area contributed by atoms with Crippen LogP contribution < -0.4 is 5.56 Å². The summed E-state index contributed by atoms with van der Waals surface area (Å²) in [5.74, 6) is -0.224. The number of benzene rings is 1. The normalized spacial score (nSPS) is 9.95. The number of nitriles is 1. The van der Waals surface area contributed by atoms with Gasteiger partial charge in [0.05, 0.1) is 5.69 Å². The summed E-state index contributed by atoms with van der Waals surface area (Å²) >= 11 is 5.80. The zero-order chi connectivity index (χ0) is 14.0. The van der Waals surface area contributed by atoms with Crippen molar-refractivity contribution in [1.82, 2.24) is 4.98 Å². The second-order valence-electron chi connectivity index (χ2n) is 3.98. The maximum absolute atomic E-state index is 11.7. The Kier molecular flexibility index (Phi) is 3.50. The van der Waals surface area contributed by atoms with Crippen molar-refractivity contribution in [2.24, 2.45) is 0 Å². The third kappa shape index (κ3) is 2.56. The molecule has 94 valence electrons. The first kappa shape index (κ1) is 13.1. The number of H-pyrrole nitrogens is 1. The number of hydrogen-bond donors (Lipinski definition) is 1. The molecule has 0 amide bonds. The van der Waals surface area contributed by atoms with Crippen LogP contribution in [0.15, 0.2) is 35.1 Å². The minimum Gasteiger partial charge on any atom is -0.320 e. The lowest BCUT2D eigenvalue weighted by molar-refractivity contribution is 0.101. The molecule has 2 rings (SSSR count). The molecule has 1 heterocycles. The maximum Gasteiger partial charge on any atom is 0.266 e. The highest BCUT2D eigenvalue weighted by Gasteiger charge is 2.13. The van der Waals surface area contributed by atoms with Crippen molar-refractivity contribution >= 4 is 17.4 Å². The number of aromatic nitrogens is 1. The Morgan fingerprint density at radius 1 is 1.32 bits per heavy atom. The van der Waals surface area contributed by atoms with Crippen molar-refractivity contribution in [3.8, 4) is 17.3 Å². The summed E-state index contributed by atoms with van der Waals surface area (Å²) in [6, 6.07) is 9.80. The quantitative estimate of drug-likeness (QED) is 0.854. The van der Waals surface area contributed by atoms with Gasteiger partial charge in [-0.05, 0) is 30.7 Å². The van der Waals surface area contributed by atoms with Crippen LogP contribution in [0.5, 0.6) is 0 Å². The number of nitrogens with one attached hydrogen (secondary N) is 1. The van der Waals surface area contributed by atoms with E-state index in [0.29, 0.717) is 21.8 Å². The molecule has 0 saturated carbocycles. The number of nitrogens with zero attached hydrogens (tertiary/aromatic N) is 1. The fraction of sp³-hybridized carbons (Fsp3) is 0.0714. The van der Waals surface area contributed by atoms with Crippen LogP contribution in [-0.4, -0.2) is 10.8 Å². The average Bonchev–Trinajstić information content (AvgIpc) is 2.39. The van der Waals surface area contributed by atoms with Crippen molar-refractivity contribution in [2.75, 3.05) is 0 Å². The van der Waals surface area contributed by atoms with Gasteiger partial charge in [0.2, 0.25) is 0 Å². The highest BCUT2D eigenvalue weighted by molar-refractivity contribution is 6.30. The predicted octanol–water partition coefficient (Wildman–Crippen LogP) is 2.77. The molecule has 0 radical (unpaired) electrons. The molecule has 0 unspecified atom stereocenters. The molecule has 0 aliphatic heterocycles. The second-order valence-corrected chi connectivity index (χ2v) is 4.41. The number of ketones is 1. The molecule has 4 nitrogen and oxygen atoms in total. The zero-order valence-corrected chi connectivity index (χ0v) is 10.8. The highest BCUT2D eigenvalue weighted by Crippen LogP contribution is 2.23. The van der Waals surface area contributed by atoms with E-state index in [1.165, 1.54) is 13.0 Å². The molecular formula is C14H9ClN2O2. The number of pyridine rings is 1. The smallest absolute Gasteiger partial charge is 0.266 e. The summed E-state index contributed by atoms with van der Waals surface area (Å²) < 4.78 is 0. The number of carbonyl (C=O) groups excluding carboxylic acids is 1. The first-order valence-corrected chi connectivity index (χ1v) is 5.85. The molecule has 5 heteroatoms. The molecule has 0 aliphatic carbocycles. The van der Waals surface area contributed by atoms with Gasteiger partial charge in [0.1, 0.15) is 11.6 Å². The summed E-state index contributed by atoms with van der Waals surface area (Å²) in [4.78, 5) is 25.9. The molecule has 0 aliphatic rings. The summed E-state index contributed by atoms with van der Waals surface area (Å²) in [6.45, 7) is 1.38. The van der Waals surface area contributed by atoms with Crippen LogP contribution in [0.4, 0.5) is 0 Å². The molecule has 19 heavy (non-hydrogen) atoms. The summed E-state index contributed by atoms with van der Waals surface area (Å²) in [7, 11) is 0. The number of rotatable bonds is 2. The molecule has 0 spiro atoms. The average molecular weight is 273 g/mol. The van der Waals surface area contributed by atoms with Crippen LogP contribution in [0, 0.1) is 11.3 Å². The monoisotopic (exact) mass is 272 g/mol. The molecule has 1 aromatic heterocycles. The van der Waals surface area contributed by atoms with Crippen molar-refractivity contribution in [3.63, 3.8) is 0 Å². The zero-order valence-electron chi connectivity index (χ0n) is 10.0. The molecular weight excluding hydrogens is 264 g/mol. The number of aromatic amines is 1. The van der Waals surface area contributed by atoms with E-state index in [1.807, 2.05) is 0 Å². The third-order valence-corrected chi connectivity index (χ3v) is 2.93. The SMILES string of the molecule is CC(=O)c1cc(C#N)c(=O)[nH]c1-c1ccc(Cl)cc1. The van der Waals surface area contributed by atoms with Gasteiger partial charge in [0, 0.05) is 10.6 Å². The molecule has 2 aromatic rings. The lowest BCUT2D eigenvalue weighted by atomic mass is 10.0. The molecule has 0 atom stereocenters. The summed E-state index contributed by atoms with van der Waals surface area (Å²) in [6.07, 6.45) is 0. The van der Waals surface area contributed by atoms with Gasteiger partial charge in [-0.2, -0.15) is 5.26 Å². The Morgan fingerprint density at radius 2 is 1.95 bits per heavy atom. The number of Topliss-reactive ketones (excluding diaryl/α,β-unsaturated/α-hetero) is 1. The van der Waals surface area contributed by atoms with Crippen LogP contribution in [0.1, 0.15) is 22.8 Å². The van der Waals surface area contributed by atoms with Gasteiger partial charge in [0.25, 0.3) is 5.56 Å². The standard InChI is InChI=1S/C14H9ClN2O2/c1-8(18)12-6-10(7-16)14(19)17-13(12)9-2-4-11(15)5-3-9/h2-6H,1H3,(H,17,19). The summed E-state index contributed by atoms with van der Waals surface area (Å²) in [5.41, 5.74) is 0.767. The van der Waals surface area contributed by atoms with Gasteiger partial charge in [0.15, 0.2) is 5.78 Å². The van der Waals surface area contributed by atoms with Gasteiger partial charge in [-0.25, -0.2) is 0 Å². The molecule has 1 aromatic carbocycles. The fourth-order valence-corrected chi connectivity index (χ4v) is 1.86. The topological polar surface area (TPSA) is 73.7 Å². The molecule has 0 fully saturated rings. The van der Waals surface area contributed by atoms with Gasteiger partial charge in [-0.15, -0.1) is 0 Å². The lowest BCUT2D eigenvalue weighted by Gasteiger charge is -2.07. The maximum atomic E-state index is 11.7. The Labute approximate surface area is 114 Å². The van der Waals surface area contributed by atoms with Crippen LogP contribution >= 0.6 is 11.6 Å². The van der Waals surface area contributed by atoms with E-state index < -0.39 is 5.56 Å². The first-order chi connectivity index (χ1) is 9.02. The van der Waals surface area contributed by atoms with Crippen molar-refractivity contribution < 1.29 is 4.79 Å². The number of carbonyl (C=O) groups is 1. The number of halogens is 1. The molecule has 0 saturated heterocycles. The van der Waals surface area contributed by atoms with Crippen LogP contribution in [0.2, 0.25) is 5.02 Å². The minimum atomic E-state index is -0.516.